The van der Waals surface area contributed by atoms with Gasteiger partial charge in [0.05, 0.1) is 16.2 Å². The molecule has 154 valence electrons. The van der Waals surface area contributed by atoms with Crippen LogP contribution in [0.15, 0.2) is 29.2 Å². The third kappa shape index (κ3) is 4.19. The minimum Gasteiger partial charge on any atom is -0.296 e. The monoisotopic (exact) mass is 436 g/mol. The van der Waals surface area contributed by atoms with Crippen molar-refractivity contribution < 1.29 is 21.6 Å². The van der Waals surface area contributed by atoms with E-state index in [-0.39, 0.29) is 18.0 Å². The minimum absolute atomic E-state index is 0.139. The van der Waals surface area contributed by atoms with Crippen LogP contribution < -0.4 is 0 Å². The lowest BCUT2D eigenvalue weighted by molar-refractivity contribution is -0.137. The molecular formula is C17H20ClF3N4O2S. The van der Waals surface area contributed by atoms with Crippen molar-refractivity contribution in [2.24, 2.45) is 7.05 Å². The van der Waals surface area contributed by atoms with E-state index in [0.717, 1.165) is 35.5 Å². The Labute approximate surface area is 166 Å². The van der Waals surface area contributed by atoms with E-state index < -0.39 is 21.8 Å². The van der Waals surface area contributed by atoms with Crippen molar-refractivity contribution in [3.63, 3.8) is 0 Å². The second-order valence-corrected chi connectivity index (χ2v) is 8.98. The van der Waals surface area contributed by atoms with E-state index in [1.807, 2.05) is 6.92 Å². The zero-order chi connectivity index (χ0) is 20.7. The van der Waals surface area contributed by atoms with Gasteiger partial charge in [0.25, 0.3) is 0 Å². The van der Waals surface area contributed by atoms with Crippen molar-refractivity contribution >= 4 is 21.6 Å². The van der Waals surface area contributed by atoms with Crippen molar-refractivity contribution in [2.75, 3.05) is 26.2 Å². The number of hydrogen-bond donors (Lipinski definition) is 0. The summed E-state index contributed by atoms with van der Waals surface area (Å²) in [6.07, 6.45) is -4.50. The van der Waals surface area contributed by atoms with Crippen molar-refractivity contribution in [3.05, 3.63) is 46.2 Å². The van der Waals surface area contributed by atoms with Gasteiger partial charge in [-0.2, -0.15) is 22.6 Å². The molecule has 0 aliphatic carbocycles. The first-order chi connectivity index (χ1) is 13.0. The summed E-state index contributed by atoms with van der Waals surface area (Å²) < 4.78 is 66.3. The van der Waals surface area contributed by atoms with Crippen LogP contribution in [-0.4, -0.2) is 53.6 Å². The molecule has 11 heteroatoms. The molecule has 1 aliphatic heterocycles. The molecule has 2 heterocycles. The third-order valence-electron chi connectivity index (χ3n) is 4.80. The van der Waals surface area contributed by atoms with Crippen molar-refractivity contribution in [3.8, 4) is 0 Å². The van der Waals surface area contributed by atoms with Gasteiger partial charge in [-0.3, -0.25) is 9.58 Å². The fourth-order valence-electron chi connectivity index (χ4n) is 3.17. The van der Waals surface area contributed by atoms with E-state index in [2.05, 4.69) is 10.00 Å². The van der Waals surface area contributed by atoms with E-state index >= 15 is 0 Å². The predicted molar refractivity (Wildman–Crippen MR) is 98.4 cm³/mol. The van der Waals surface area contributed by atoms with Crippen LogP contribution >= 0.6 is 11.6 Å². The highest BCUT2D eigenvalue weighted by Gasteiger charge is 2.32. The van der Waals surface area contributed by atoms with Crippen LogP contribution in [0.4, 0.5) is 13.2 Å². The Balaban J connectivity index is 1.66. The Morgan fingerprint density at radius 1 is 1.11 bits per heavy atom. The van der Waals surface area contributed by atoms with Crippen LogP contribution in [0, 0.1) is 6.92 Å². The third-order valence-corrected chi connectivity index (χ3v) is 7.19. The first-order valence-electron chi connectivity index (χ1n) is 8.58. The Bertz CT molecular complexity index is 950. The first kappa shape index (κ1) is 21.1. The maximum absolute atomic E-state index is 12.7. The lowest BCUT2D eigenvalue weighted by atomic mass is 10.2. The summed E-state index contributed by atoms with van der Waals surface area (Å²) in [5.74, 6) is 0. The number of halogens is 4. The largest absolute Gasteiger partial charge is 0.416 e. The number of alkyl halides is 3. The summed E-state index contributed by atoms with van der Waals surface area (Å²) in [5.41, 5.74) is 0.857. The second-order valence-electron chi connectivity index (χ2n) is 6.68. The summed E-state index contributed by atoms with van der Waals surface area (Å²) >= 11 is 6.25. The van der Waals surface area contributed by atoms with Gasteiger partial charge in [-0.05, 0) is 31.2 Å². The molecule has 0 spiro atoms. The predicted octanol–water partition coefficient (Wildman–Crippen LogP) is 2.91. The Morgan fingerprint density at radius 3 is 2.14 bits per heavy atom. The van der Waals surface area contributed by atoms with Gasteiger partial charge in [0.1, 0.15) is 5.15 Å². The number of aryl methyl sites for hydroxylation is 2. The second kappa shape index (κ2) is 7.66. The highest BCUT2D eigenvalue weighted by atomic mass is 35.5. The SMILES string of the molecule is Cc1nn(C)c(Cl)c1CN1CCN(S(=O)(=O)c2ccc(C(F)(F)F)cc2)CC1. The summed E-state index contributed by atoms with van der Waals surface area (Å²) in [4.78, 5) is 1.94. The highest BCUT2D eigenvalue weighted by molar-refractivity contribution is 7.89. The number of nitrogens with zero attached hydrogens (tertiary/aromatic N) is 4. The molecule has 1 aromatic heterocycles. The van der Waals surface area contributed by atoms with E-state index in [4.69, 9.17) is 11.6 Å². The van der Waals surface area contributed by atoms with Gasteiger partial charge >= 0.3 is 6.18 Å². The van der Waals surface area contributed by atoms with Crippen molar-refractivity contribution in [1.29, 1.82) is 0 Å². The van der Waals surface area contributed by atoms with E-state index in [0.29, 0.717) is 24.8 Å². The lowest BCUT2D eigenvalue weighted by Gasteiger charge is -2.34. The molecule has 0 unspecified atom stereocenters. The van der Waals surface area contributed by atoms with Crippen molar-refractivity contribution in [1.82, 2.24) is 19.0 Å². The van der Waals surface area contributed by atoms with Gasteiger partial charge in [0, 0.05) is 45.3 Å². The maximum Gasteiger partial charge on any atom is 0.416 e. The Hall–Kier alpha value is -1.62. The van der Waals surface area contributed by atoms with Crippen LogP contribution in [0.25, 0.3) is 0 Å². The van der Waals surface area contributed by atoms with Crippen LogP contribution in [0.2, 0.25) is 5.15 Å². The van der Waals surface area contributed by atoms with E-state index in [1.165, 1.54) is 4.31 Å². The molecule has 6 nitrogen and oxygen atoms in total. The molecule has 0 amide bonds. The molecule has 2 aromatic rings. The summed E-state index contributed by atoms with van der Waals surface area (Å²) in [6.45, 7) is 3.91. The zero-order valence-electron chi connectivity index (χ0n) is 15.4. The quantitative estimate of drug-likeness (QED) is 0.739. The lowest BCUT2D eigenvalue weighted by Crippen LogP contribution is -2.48. The number of hydrogen-bond acceptors (Lipinski definition) is 4. The fraction of sp³-hybridized carbons (Fsp3) is 0.471. The maximum atomic E-state index is 12.7. The number of aromatic nitrogens is 2. The summed E-state index contributed by atoms with van der Waals surface area (Å²) in [6, 6.07) is 3.58. The average Bonchev–Trinajstić information content (AvgIpc) is 2.88. The Morgan fingerprint density at radius 2 is 1.68 bits per heavy atom. The van der Waals surface area contributed by atoms with Gasteiger partial charge in [-0.1, -0.05) is 11.6 Å². The number of benzene rings is 1. The van der Waals surface area contributed by atoms with Crippen LogP contribution in [-0.2, 0) is 29.8 Å². The molecular weight excluding hydrogens is 417 g/mol. The molecule has 0 N–H and O–H groups in total. The molecule has 28 heavy (non-hydrogen) atoms. The van der Waals surface area contributed by atoms with Gasteiger partial charge < -0.3 is 0 Å². The normalized spacial score (nSPS) is 17.2. The van der Waals surface area contributed by atoms with Crippen molar-refractivity contribution in [2.45, 2.75) is 24.5 Å². The topological polar surface area (TPSA) is 58.4 Å². The van der Waals surface area contributed by atoms with Crippen LogP contribution in [0.5, 0.6) is 0 Å². The van der Waals surface area contributed by atoms with E-state index in [1.54, 1.807) is 11.7 Å². The smallest absolute Gasteiger partial charge is 0.296 e. The van der Waals surface area contributed by atoms with Gasteiger partial charge in [0.15, 0.2) is 0 Å². The number of rotatable bonds is 4. The van der Waals surface area contributed by atoms with Crippen LogP contribution in [0.1, 0.15) is 16.8 Å². The summed E-state index contributed by atoms with van der Waals surface area (Å²) in [7, 11) is -2.08. The molecule has 0 bridgehead atoms. The average molecular weight is 437 g/mol. The van der Waals surface area contributed by atoms with Gasteiger partial charge in [-0.25, -0.2) is 8.42 Å². The minimum atomic E-state index is -4.50. The molecule has 0 radical (unpaired) electrons. The van der Waals surface area contributed by atoms with Gasteiger partial charge in [0.2, 0.25) is 10.0 Å². The number of sulfonamides is 1. The molecule has 0 saturated carbocycles. The summed E-state index contributed by atoms with van der Waals surface area (Å²) in [5, 5.41) is 4.82. The van der Waals surface area contributed by atoms with Gasteiger partial charge in [-0.15, -0.1) is 0 Å². The van der Waals surface area contributed by atoms with E-state index in [9.17, 15) is 21.6 Å². The number of piperazine rings is 1. The molecule has 1 fully saturated rings. The molecule has 1 aliphatic rings. The molecule has 1 saturated heterocycles. The zero-order valence-corrected chi connectivity index (χ0v) is 16.9. The van der Waals surface area contributed by atoms with Crippen LogP contribution in [0.3, 0.4) is 0 Å². The Kier molecular flexibility index (Phi) is 5.77. The first-order valence-corrected chi connectivity index (χ1v) is 10.4. The fourth-order valence-corrected chi connectivity index (χ4v) is 4.83. The molecule has 3 rings (SSSR count). The molecule has 0 atom stereocenters. The molecule has 1 aromatic carbocycles. The highest BCUT2D eigenvalue weighted by Crippen LogP contribution is 2.30. The standard InChI is InChI=1S/C17H20ClF3N4O2S/c1-12-15(16(18)23(2)22-12)11-24-7-9-25(10-8-24)28(26,27)14-5-3-13(4-6-14)17(19,20)21/h3-6H,7-11H2,1-2H3.